The van der Waals surface area contributed by atoms with Crippen molar-refractivity contribution in [3.8, 4) is 0 Å². The largest absolute Gasteiger partial charge is 0.465 e. The van der Waals surface area contributed by atoms with Gasteiger partial charge in [0, 0.05) is 18.7 Å². The van der Waals surface area contributed by atoms with E-state index in [0.29, 0.717) is 0 Å². The number of hydrogen-bond donors (Lipinski definition) is 0. The standard InChI is InChI=1S/C19H19F2N3O5S/c1-29-18(25)13-2-3-14(16(21)10-13)12-24(17-5-4-15(20)11-22-17)19(26)23-6-8-30(27,28)9-7-23/h2-5,10-11H,6-9,12H2,1H3. The van der Waals surface area contributed by atoms with E-state index in [4.69, 9.17) is 0 Å². The van der Waals surface area contributed by atoms with Crippen molar-refractivity contribution in [3.05, 3.63) is 59.3 Å². The van der Waals surface area contributed by atoms with Crippen molar-refractivity contribution in [2.24, 2.45) is 0 Å². The number of halogens is 2. The molecule has 1 saturated heterocycles. The minimum Gasteiger partial charge on any atom is -0.465 e. The Hall–Kier alpha value is -3.08. The van der Waals surface area contributed by atoms with E-state index >= 15 is 0 Å². The molecule has 0 aliphatic carbocycles. The summed E-state index contributed by atoms with van der Waals surface area (Å²) in [7, 11) is -2.03. The number of pyridine rings is 1. The highest BCUT2D eigenvalue weighted by Crippen LogP contribution is 2.21. The van der Waals surface area contributed by atoms with Gasteiger partial charge in [-0.05, 0) is 24.3 Å². The molecule has 2 aromatic rings. The third-order valence-electron chi connectivity index (χ3n) is 4.64. The highest BCUT2D eigenvalue weighted by Gasteiger charge is 2.30. The van der Waals surface area contributed by atoms with Crippen LogP contribution in [-0.4, -0.2) is 62.0 Å². The lowest BCUT2D eigenvalue weighted by molar-refractivity contribution is 0.0600. The number of aromatic nitrogens is 1. The lowest BCUT2D eigenvalue weighted by Gasteiger charge is -2.32. The van der Waals surface area contributed by atoms with Crippen LogP contribution >= 0.6 is 0 Å². The van der Waals surface area contributed by atoms with Crippen LogP contribution in [0.3, 0.4) is 0 Å². The van der Waals surface area contributed by atoms with E-state index in [0.717, 1.165) is 23.2 Å². The van der Waals surface area contributed by atoms with Gasteiger partial charge in [-0.2, -0.15) is 0 Å². The Morgan fingerprint density at radius 2 is 1.87 bits per heavy atom. The predicted molar refractivity (Wildman–Crippen MR) is 104 cm³/mol. The molecule has 30 heavy (non-hydrogen) atoms. The second-order valence-corrected chi connectivity index (χ2v) is 8.94. The summed E-state index contributed by atoms with van der Waals surface area (Å²) in [6.07, 6.45) is 0.924. The summed E-state index contributed by atoms with van der Waals surface area (Å²) < 4.78 is 55.7. The zero-order valence-electron chi connectivity index (χ0n) is 16.0. The Labute approximate surface area is 172 Å². The van der Waals surface area contributed by atoms with Crippen molar-refractivity contribution in [2.45, 2.75) is 6.54 Å². The number of urea groups is 1. The molecule has 1 aromatic heterocycles. The van der Waals surface area contributed by atoms with Gasteiger partial charge >= 0.3 is 12.0 Å². The molecule has 2 heterocycles. The van der Waals surface area contributed by atoms with Gasteiger partial charge in [0.1, 0.15) is 17.5 Å². The van der Waals surface area contributed by atoms with Crippen molar-refractivity contribution in [1.82, 2.24) is 9.88 Å². The number of amides is 2. The molecule has 0 atom stereocenters. The van der Waals surface area contributed by atoms with E-state index in [2.05, 4.69) is 9.72 Å². The smallest absolute Gasteiger partial charge is 0.337 e. The minimum atomic E-state index is -3.21. The van der Waals surface area contributed by atoms with Crippen molar-refractivity contribution >= 4 is 27.7 Å². The minimum absolute atomic E-state index is 0.0113. The maximum atomic E-state index is 14.6. The van der Waals surface area contributed by atoms with Gasteiger partial charge < -0.3 is 9.64 Å². The van der Waals surface area contributed by atoms with E-state index in [1.54, 1.807) is 0 Å². The van der Waals surface area contributed by atoms with E-state index in [1.165, 1.54) is 30.2 Å². The zero-order chi connectivity index (χ0) is 21.9. The third-order valence-corrected chi connectivity index (χ3v) is 6.25. The summed E-state index contributed by atoms with van der Waals surface area (Å²) in [5.41, 5.74) is 0.101. The van der Waals surface area contributed by atoms with E-state index < -0.39 is 33.5 Å². The Morgan fingerprint density at radius 3 is 2.43 bits per heavy atom. The zero-order valence-corrected chi connectivity index (χ0v) is 16.9. The fraction of sp³-hybridized carbons (Fsp3) is 0.316. The Kier molecular flexibility index (Phi) is 6.30. The van der Waals surface area contributed by atoms with Gasteiger partial charge in [0.25, 0.3) is 0 Å². The number of carbonyl (C=O) groups excluding carboxylic acids is 2. The first-order valence-electron chi connectivity index (χ1n) is 8.95. The number of ether oxygens (including phenoxy) is 1. The second-order valence-electron chi connectivity index (χ2n) is 6.64. The van der Waals surface area contributed by atoms with Gasteiger partial charge in [0.05, 0.1) is 36.9 Å². The number of nitrogens with zero attached hydrogens (tertiary/aromatic N) is 3. The molecule has 1 aliphatic rings. The Balaban J connectivity index is 1.89. The molecular weight excluding hydrogens is 420 g/mol. The molecule has 0 spiro atoms. The molecular formula is C19H19F2N3O5S. The average molecular weight is 439 g/mol. The SMILES string of the molecule is COC(=O)c1ccc(CN(C(=O)N2CCS(=O)(=O)CC2)c2ccc(F)cn2)c(F)c1. The summed E-state index contributed by atoms with van der Waals surface area (Å²) in [6.45, 7) is -0.279. The van der Waals surface area contributed by atoms with Crippen LogP contribution in [0.4, 0.5) is 19.4 Å². The van der Waals surface area contributed by atoms with Gasteiger partial charge in [-0.3, -0.25) is 4.90 Å². The number of esters is 1. The lowest BCUT2D eigenvalue weighted by Crippen LogP contribution is -2.50. The molecule has 1 fully saturated rings. The molecule has 8 nitrogen and oxygen atoms in total. The normalized spacial score (nSPS) is 15.5. The Bertz CT molecular complexity index is 1050. The van der Waals surface area contributed by atoms with Crippen molar-refractivity contribution in [2.75, 3.05) is 36.6 Å². The van der Waals surface area contributed by atoms with Gasteiger partial charge in [-0.25, -0.2) is 31.8 Å². The number of methoxy groups -OCH3 is 1. The molecule has 1 aromatic carbocycles. The molecule has 1 aliphatic heterocycles. The van der Waals surface area contributed by atoms with Crippen LogP contribution in [0.5, 0.6) is 0 Å². The van der Waals surface area contributed by atoms with E-state index in [-0.39, 0.29) is 48.1 Å². The summed E-state index contributed by atoms with van der Waals surface area (Å²) >= 11 is 0. The summed E-state index contributed by atoms with van der Waals surface area (Å²) in [6, 6.07) is 5.49. The first-order chi connectivity index (χ1) is 14.2. The number of anilines is 1. The lowest BCUT2D eigenvalue weighted by atomic mass is 10.1. The average Bonchev–Trinajstić information content (AvgIpc) is 2.72. The maximum absolute atomic E-state index is 14.6. The third kappa shape index (κ3) is 4.90. The van der Waals surface area contributed by atoms with Gasteiger partial charge in [-0.15, -0.1) is 0 Å². The molecule has 11 heteroatoms. The number of hydrogen-bond acceptors (Lipinski definition) is 6. The van der Waals surface area contributed by atoms with E-state index in [9.17, 15) is 26.8 Å². The van der Waals surface area contributed by atoms with E-state index in [1.807, 2.05) is 0 Å². The number of sulfone groups is 1. The molecule has 0 N–H and O–H groups in total. The highest BCUT2D eigenvalue weighted by atomic mass is 32.2. The molecule has 0 radical (unpaired) electrons. The van der Waals surface area contributed by atoms with Crippen molar-refractivity contribution in [3.63, 3.8) is 0 Å². The summed E-state index contributed by atoms with van der Waals surface area (Å²) in [5, 5.41) is 0. The van der Waals surface area contributed by atoms with Crippen molar-refractivity contribution in [1.29, 1.82) is 0 Å². The molecule has 0 unspecified atom stereocenters. The van der Waals surface area contributed by atoms with Crippen LogP contribution in [0.1, 0.15) is 15.9 Å². The topological polar surface area (TPSA) is 96.9 Å². The number of carbonyl (C=O) groups is 2. The summed E-state index contributed by atoms with van der Waals surface area (Å²) in [5.74, 6) is -2.32. The van der Waals surface area contributed by atoms with Crippen LogP contribution in [-0.2, 0) is 21.1 Å². The molecule has 160 valence electrons. The second kappa shape index (κ2) is 8.74. The predicted octanol–water partition coefficient (Wildman–Crippen LogP) is 2.00. The van der Waals surface area contributed by atoms with Crippen molar-refractivity contribution < 1.29 is 31.5 Å². The number of benzene rings is 1. The monoisotopic (exact) mass is 439 g/mol. The van der Waals surface area contributed by atoms with Crippen LogP contribution in [0, 0.1) is 11.6 Å². The fourth-order valence-electron chi connectivity index (χ4n) is 2.94. The highest BCUT2D eigenvalue weighted by molar-refractivity contribution is 7.91. The Morgan fingerprint density at radius 1 is 1.17 bits per heavy atom. The maximum Gasteiger partial charge on any atom is 0.337 e. The first-order valence-corrected chi connectivity index (χ1v) is 10.8. The molecule has 3 rings (SSSR count). The fourth-order valence-corrected chi connectivity index (χ4v) is 4.14. The van der Waals surface area contributed by atoms with Crippen LogP contribution < -0.4 is 4.90 Å². The van der Waals surface area contributed by atoms with Crippen LogP contribution in [0.15, 0.2) is 36.5 Å². The van der Waals surface area contributed by atoms with Gasteiger partial charge in [-0.1, -0.05) is 6.07 Å². The summed E-state index contributed by atoms with van der Waals surface area (Å²) in [4.78, 5) is 31.0. The first kappa shape index (κ1) is 21.6. The number of rotatable bonds is 4. The van der Waals surface area contributed by atoms with Gasteiger partial charge in [0.15, 0.2) is 9.84 Å². The van der Waals surface area contributed by atoms with Crippen LogP contribution in [0.2, 0.25) is 0 Å². The molecule has 0 saturated carbocycles. The molecule has 2 amide bonds. The molecule has 0 bridgehead atoms. The van der Waals surface area contributed by atoms with Crippen LogP contribution in [0.25, 0.3) is 0 Å². The quantitative estimate of drug-likeness (QED) is 0.676. The van der Waals surface area contributed by atoms with Gasteiger partial charge in [0.2, 0.25) is 0 Å².